The van der Waals surface area contributed by atoms with Gasteiger partial charge in [0.1, 0.15) is 5.69 Å². The van der Waals surface area contributed by atoms with Crippen molar-refractivity contribution < 1.29 is 24.5 Å². The Morgan fingerprint density at radius 3 is 2.55 bits per heavy atom. The third-order valence-corrected chi connectivity index (χ3v) is 2.75. The van der Waals surface area contributed by atoms with E-state index in [9.17, 15) is 25.0 Å². The SMILES string of the molecule is O=C(O)COc1c([N+](=O)[O-])cc([N+](=O)[O-])c2c1CCN2. The van der Waals surface area contributed by atoms with E-state index in [1.165, 1.54) is 0 Å². The quantitative estimate of drug-likeness (QED) is 0.599. The number of carboxylic acids is 1. The summed E-state index contributed by atoms with van der Waals surface area (Å²) in [6, 6.07) is 0.772. The van der Waals surface area contributed by atoms with Gasteiger partial charge in [-0.25, -0.2) is 4.79 Å². The standard InChI is InChI=1S/C10H9N3O7/c14-8(15)4-20-10-5-1-2-11-9(5)6(12(16)17)3-7(10)13(18)19/h3,11H,1-2,4H2,(H,14,15). The Kier molecular flexibility index (Phi) is 3.37. The first-order valence-electron chi connectivity index (χ1n) is 5.49. The molecule has 10 nitrogen and oxygen atoms in total. The molecule has 0 saturated carbocycles. The van der Waals surface area contributed by atoms with Crippen molar-refractivity contribution >= 4 is 23.0 Å². The second-order valence-corrected chi connectivity index (χ2v) is 3.97. The number of nitro benzene ring substituents is 2. The molecule has 0 saturated heterocycles. The van der Waals surface area contributed by atoms with E-state index in [-0.39, 0.29) is 23.4 Å². The summed E-state index contributed by atoms with van der Waals surface area (Å²) >= 11 is 0. The summed E-state index contributed by atoms with van der Waals surface area (Å²) in [4.78, 5) is 30.8. The molecule has 0 aromatic heterocycles. The van der Waals surface area contributed by atoms with E-state index >= 15 is 0 Å². The number of aliphatic carboxylic acids is 1. The maximum atomic E-state index is 11.0. The summed E-state index contributed by atoms with van der Waals surface area (Å²) in [6.45, 7) is -0.397. The molecule has 0 bridgehead atoms. The van der Waals surface area contributed by atoms with Crippen LogP contribution >= 0.6 is 0 Å². The molecule has 1 aromatic carbocycles. The number of benzene rings is 1. The van der Waals surface area contributed by atoms with Gasteiger partial charge in [0.2, 0.25) is 5.75 Å². The van der Waals surface area contributed by atoms with E-state index in [2.05, 4.69) is 5.32 Å². The molecule has 0 fully saturated rings. The van der Waals surface area contributed by atoms with Gasteiger partial charge in [0.25, 0.3) is 5.69 Å². The van der Waals surface area contributed by atoms with Crippen molar-refractivity contribution in [2.24, 2.45) is 0 Å². The molecule has 1 heterocycles. The van der Waals surface area contributed by atoms with E-state index in [1.54, 1.807) is 0 Å². The van der Waals surface area contributed by atoms with Crippen LogP contribution < -0.4 is 10.1 Å². The van der Waals surface area contributed by atoms with E-state index in [0.717, 1.165) is 6.07 Å². The average molecular weight is 283 g/mol. The molecule has 0 aliphatic carbocycles. The Balaban J connectivity index is 2.59. The molecular formula is C10H9N3O7. The lowest BCUT2D eigenvalue weighted by Crippen LogP contribution is -2.12. The fourth-order valence-electron chi connectivity index (χ4n) is 2.01. The molecule has 0 spiro atoms. The Morgan fingerprint density at radius 2 is 2.00 bits per heavy atom. The third-order valence-electron chi connectivity index (χ3n) is 2.75. The number of nitro groups is 2. The van der Waals surface area contributed by atoms with Crippen LogP contribution in [0, 0.1) is 20.2 Å². The highest BCUT2D eigenvalue weighted by Crippen LogP contribution is 2.44. The molecule has 10 heteroatoms. The molecule has 106 valence electrons. The van der Waals surface area contributed by atoms with Gasteiger partial charge in [-0.05, 0) is 6.42 Å². The highest BCUT2D eigenvalue weighted by atomic mass is 16.6. The molecule has 0 atom stereocenters. The lowest BCUT2D eigenvalue weighted by atomic mass is 10.1. The fourth-order valence-corrected chi connectivity index (χ4v) is 2.01. The first-order chi connectivity index (χ1) is 9.41. The van der Waals surface area contributed by atoms with Crippen LogP contribution in [0.2, 0.25) is 0 Å². The zero-order valence-corrected chi connectivity index (χ0v) is 9.99. The van der Waals surface area contributed by atoms with Crippen molar-refractivity contribution in [2.45, 2.75) is 6.42 Å². The van der Waals surface area contributed by atoms with Gasteiger partial charge in [-0.2, -0.15) is 0 Å². The Morgan fingerprint density at radius 1 is 1.35 bits per heavy atom. The molecule has 1 aliphatic heterocycles. The number of hydrogen-bond donors (Lipinski definition) is 2. The normalized spacial score (nSPS) is 12.4. The summed E-state index contributed by atoms with van der Waals surface area (Å²) < 4.78 is 4.93. The molecule has 1 aromatic rings. The number of rotatable bonds is 5. The maximum absolute atomic E-state index is 11.0. The van der Waals surface area contributed by atoms with Crippen LogP contribution in [0.25, 0.3) is 0 Å². The second kappa shape index (κ2) is 4.99. The van der Waals surface area contributed by atoms with Crippen molar-refractivity contribution in [1.82, 2.24) is 0 Å². The van der Waals surface area contributed by atoms with Gasteiger partial charge < -0.3 is 15.2 Å². The van der Waals surface area contributed by atoms with E-state index in [1.807, 2.05) is 0 Å². The van der Waals surface area contributed by atoms with Crippen LogP contribution in [-0.4, -0.2) is 34.1 Å². The van der Waals surface area contributed by atoms with E-state index < -0.39 is 33.8 Å². The number of carboxylic acid groups (broad SMARTS) is 1. The number of nitrogens with one attached hydrogen (secondary N) is 1. The first-order valence-corrected chi connectivity index (χ1v) is 5.49. The lowest BCUT2D eigenvalue weighted by molar-refractivity contribution is -0.394. The average Bonchev–Trinajstić information content (AvgIpc) is 2.83. The molecule has 0 amide bonds. The van der Waals surface area contributed by atoms with Crippen molar-refractivity contribution in [1.29, 1.82) is 0 Å². The minimum absolute atomic E-state index is 0.140. The number of hydrogen-bond acceptors (Lipinski definition) is 7. The lowest BCUT2D eigenvalue weighted by Gasteiger charge is -2.09. The van der Waals surface area contributed by atoms with E-state index in [4.69, 9.17) is 9.84 Å². The summed E-state index contributed by atoms with van der Waals surface area (Å²) in [5, 5.41) is 33.2. The van der Waals surface area contributed by atoms with Crippen LogP contribution in [0.1, 0.15) is 5.56 Å². The smallest absolute Gasteiger partial charge is 0.341 e. The first kappa shape index (κ1) is 13.5. The van der Waals surface area contributed by atoms with Crippen LogP contribution in [0.5, 0.6) is 5.75 Å². The summed E-state index contributed by atoms with van der Waals surface area (Å²) in [5.74, 6) is -1.53. The summed E-state index contributed by atoms with van der Waals surface area (Å²) in [5.41, 5.74) is -0.639. The fraction of sp³-hybridized carbons (Fsp3) is 0.300. The van der Waals surface area contributed by atoms with Crippen molar-refractivity contribution in [3.63, 3.8) is 0 Å². The van der Waals surface area contributed by atoms with Crippen molar-refractivity contribution in [2.75, 3.05) is 18.5 Å². The van der Waals surface area contributed by atoms with Gasteiger partial charge in [0.15, 0.2) is 6.61 Å². The van der Waals surface area contributed by atoms with Crippen molar-refractivity contribution in [3.05, 3.63) is 31.9 Å². The highest BCUT2D eigenvalue weighted by Gasteiger charge is 2.33. The molecule has 1 aliphatic rings. The van der Waals surface area contributed by atoms with Gasteiger partial charge in [-0.15, -0.1) is 0 Å². The second-order valence-electron chi connectivity index (χ2n) is 3.97. The van der Waals surface area contributed by atoms with E-state index in [0.29, 0.717) is 6.54 Å². The minimum atomic E-state index is -1.29. The van der Waals surface area contributed by atoms with Crippen molar-refractivity contribution in [3.8, 4) is 5.75 Å². The maximum Gasteiger partial charge on any atom is 0.341 e. The van der Waals surface area contributed by atoms with Gasteiger partial charge >= 0.3 is 11.7 Å². The highest BCUT2D eigenvalue weighted by molar-refractivity contribution is 5.78. The van der Waals surface area contributed by atoms with Crippen LogP contribution in [0.4, 0.5) is 17.1 Å². The molecule has 20 heavy (non-hydrogen) atoms. The van der Waals surface area contributed by atoms with Gasteiger partial charge in [-0.1, -0.05) is 0 Å². The molecule has 0 radical (unpaired) electrons. The Labute approximate surface area is 111 Å². The largest absolute Gasteiger partial charge is 0.479 e. The van der Waals surface area contributed by atoms with Gasteiger partial charge in [-0.3, -0.25) is 20.2 Å². The third kappa shape index (κ3) is 2.30. The van der Waals surface area contributed by atoms with Gasteiger partial charge in [0.05, 0.1) is 15.9 Å². The van der Waals surface area contributed by atoms with Crippen LogP contribution in [0.3, 0.4) is 0 Å². The Bertz CT molecular complexity index is 613. The monoisotopic (exact) mass is 283 g/mol. The minimum Gasteiger partial charge on any atom is -0.479 e. The topological polar surface area (TPSA) is 145 Å². The molecule has 2 rings (SSSR count). The van der Waals surface area contributed by atoms with Gasteiger partial charge in [0, 0.05) is 12.1 Å². The zero-order valence-electron chi connectivity index (χ0n) is 9.99. The molecule has 0 unspecified atom stereocenters. The Hall–Kier alpha value is -2.91. The number of nitrogens with zero attached hydrogens (tertiary/aromatic N) is 2. The number of anilines is 1. The molecular weight excluding hydrogens is 274 g/mol. The predicted octanol–water partition coefficient (Wildman–Crippen LogP) is 0.934. The predicted molar refractivity (Wildman–Crippen MR) is 65.1 cm³/mol. The summed E-state index contributed by atoms with van der Waals surface area (Å²) in [6.07, 6.45) is 0.285. The number of ether oxygens (including phenoxy) is 1. The zero-order chi connectivity index (χ0) is 14.9. The summed E-state index contributed by atoms with van der Waals surface area (Å²) in [7, 11) is 0. The van der Waals surface area contributed by atoms with Crippen LogP contribution in [0.15, 0.2) is 6.07 Å². The van der Waals surface area contributed by atoms with Crippen LogP contribution in [-0.2, 0) is 11.2 Å². The number of fused-ring (bicyclic) bond motifs is 1. The number of carbonyl (C=O) groups is 1. The molecule has 2 N–H and O–H groups in total.